The molecule has 2 N–H and O–H groups in total. The molecule has 1 aromatic carbocycles. The molecule has 1 aromatic heterocycles. The first-order chi connectivity index (χ1) is 12.5. The number of sulfone groups is 1. The third-order valence-electron chi connectivity index (χ3n) is 3.70. The molecule has 9 heteroatoms. The summed E-state index contributed by atoms with van der Waals surface area (Å²) in [6.07, 6.45) is 3.03. The van der Waals surface area contributed by atoms with Gasteiger partial charge in [-0.3, -0.25) is 4.99 Å². The average molecular weight is 523 g/mol. The molecule has 0 bridgehead atoms. The summed E-state index contributed by atoms with van der Waals surface area (Å²) < 4.78 is 24.4. The summed E-state index contributed by atoms with van der Waals surface area (Å²) in [5.74, 6) is 0.737. The Labute approximate surface area is 182 Å². The lowest BCUT2D eigenvalue weighted by Gasteiger charge is -2.12. The molecule has 0 amide bonds. The van der Waals surface area contributed by atoms with Crippen molar-refractivity contribution in [2.75, 3.05) is 25.9 Å². The van der Waals surface area contributed by atoms with Crippen LogP contribution in [0, 0.1) is 0 Å². The summed E-state index contributed by atoms with van der Waals surface area (Å²) in [7, 11) is -1.56. The van der Waals surface area contributed by atoms with Gasteiger partial charge in [0.05, 0.1) is 10.6 Å². The van der Waals surface area contributed by atoms with E-state index in [1.165, 1.54) is 0 Å². The molecule has 27 heavy (non-hydrogen) atoms. The topological polar surface area (TPSA) is 83.5 Å². The number of halogens is 2. The van der Waals surface area contributed by atoms with Gasteiger partial charge in [-0.25, -0.2) is 13.4 Å². The van der Waals surface area contributed by atoms with Crippen LogP contribution in [0.1, 0.15) is 12.0 Å². The van der Waals surface area contributed by atoms with Crippen LogP contribution in [0.15, 0.2) is 58.5 Å². The minimum Gasteiger partial charge on any atom is -0.356 e. The molecule has 0 saturated heterocycles. The molecule has 0 atom stereocenters. The summed E-state index contributed by atoms with van der Waals surface area (Å²) in [6.45, 7) is 1.21. The molecular weight excluding hydrogens is 499 g/mol. The Kier molecular flexibility index (Phi) is 10.6. The Hall–Kier alpha value is -1.39. The van der Waals surface area contributed by atoms with Crippen molar-refractivity contribution in [3.05, 3.63) is 59.4 Å². The maximum atomic E-state index is 12.2. The number of nitrogens with zero attached hydrogens (tertiary/aromatic N) is 2. The first-order valence-corrected chi connectivity index (χ1v) is 10.4. The summed E-state index contributed by atoms with van der Waals surface area (Å²) in [4.78, 5) is 8.53. The fraction of sp³-hybridized carbons (Fsp3) is 0.333. The van der Waals surface area contributed by atoms with Gasteiger partial charge in [-0.1, -0.05) is 35.9 Å². The molecule has 2 aromatic rings. The van der Waals surface area contributed by atoms with Gasteiger partial charge in [-0.15, -0.1) is 24.0 Å². The summed E-state index contributed by atoms with van der Waals surface area (Å²) in [5, 5.41) is 6.79. The molecule has 2 rings (SSSR count). The standard InChI is InChI=1S/C18H23ClN4O2S.HI/c1-20-18(22-12-10-15-8-9-17(19)23-14-15)21-11-5-13-26(24,25)16-6-3-2-4-7-16;/h2-4,6-9,14H,5,10-13H2,1H3,(H2,20,21,22);1H. The van der Waals surface area contributed by atoms with E-state index in [-0.39, 0.29) is 29.7 Å². The molecule has 0 unspecified atom stereocenters. The zero-order chi connectivity index (χ0) is 18.8. The van der Waals surface area contributed by atoms with E-state index in [9.17, 15) is 8.42 Å². The zero-order valence-corrected chi connectivity index (χ0v) is 19.0. The molecule has 6 nitrogen and oxygen atoms in total. The maximum Gasteiger partial charge on any atom is 0.190 e. The Bertz CT molecular complexity index is 815. The zero-order valence-electron chi connectivity index (χ0n) is 15.1. The third-order valence-corrected chi connectivity index (χ3v) is 5.74. The molecule has 0 radical (unpaired) electrons. The predicted octanol–water partition coefficient (Wildman–Crippen LogP) is 2.92. The lowest BCUT2D eigenvalue weighted by Crippen LogP contribution is -2.39. The van der Waals surface area contributed by atoms with Gasteiger partial charge in [-0.2, -0.15) is 0 Å². The van der Waals surface area contributed by atoms with Crippen LogP contribution < -0.4 is 10.6 Å². The van der Waals surface area contributed by atoms with Crippen LogP contribution in [0.5, 0.6) is 0 Å². The highest BCUT2D eigenvalue weighted by atomic mass is 127. The predicted molar refractivity (Wildman–Crippen MR) is 121 cm³/mol. The Morgan fingerprint density at radius 3 is 2.44 bits per heavy atom. The third kappa shape index (κ3) is 8.44. The van der Waals surface area contributed by atoms with Crippen molar-refractivity contribution in [3.8, 4) is 0 Å². The second-order valence-electron chi connectivity index (χ2n) is 5.65. The number of benzene rings is 1. The second-order valence-corrected chi connectivity index (χ2v) is 8.15. The minimum atomic E-state index is -3.24. The van der Waals surface area contributed by atoms with Gasteiger partial charge >= 0.3 is 0 Å². The second kappa shape index (κ2) is 12.1. The number of rotatable bonds is 8. The van der Waals surface area contributed by atoms with E-state index in [1.54, 1.807) is 49.6 Å². The van der Waals surface area contributed by atoms with Crippen LogP contribution in [0.4, 0.5) is 0 Å². The van der Waals surface area contributed by atoms with Crippen molar-refractivity contribution in [1.82, 2.24) is 15.6 Å². The van der Waals surface area contributed by atoms with E-state index in [1.807, 2.05) is 6.07 Å². The summed E-state index contributed by atoms with van der Waals surface area (Å²) in [6, 6.07) is 12.2. The first kappa shape index (κ1) is 23.6. The van der Waals surface area contributed by atoms with E-state index in [4.69, 9.17) is 11.6 Å². The van der Waals surface area contributed by atoms with Gasteiger partial charge in [0.25, 0.3) is 0 Å². The molecule has 1 heterocycles. The summed E-state index contributed by atoms with van der Waals surface area (Å²) >= 11 is 5.76. The molecular formula is C18H24ClIN4O2S. The van der Waals surface area contributed by atoms with Crippen LogP contribution in [-0.4, -0.2) is 45.3 Å². The van der Waals surface area contributed by atoms with E-state index in [0.29, 0.717) is 35.5 Å². The quantitative estimate of drug-likeness (QED) is 0.183. The lowest BCUT2D eigenvalue weighted by atomic mass is 10.2. The minimum absolute atomic E-state index is 0. The first-order valence-electron chi connectivity index (χ1n) is 8.34. The number of hydrogen-bond donors (Lipinski definition) is 2. The highest BCUT2D eigenvalue weighted by Crippen LogP contribution is 2.10. The van der Waals surface area contributed by atoms with Crippen molar-refractivity contribution in [2.24, 2.45) is 4.99 Å². The number of hydrogen-bond acceptors (Lipinski definition) is 4. The van der Waals surface area contributed by atoms with Crippen molar-refractivity contribution in [1.29, 1.82) is 0 Å². The van der Waals surface area contributed by atoms with E-state index < -0.39 is 9.84 Å². The van der Waals surface area contributed by atoms with Crippen molar-refractivity contribution in [3.63, 3.8) is 0 Å². The number of guanidine groups is 1. The Morgan fingerprint density at radius 2 is 1.81 bits per heavy atom. The van der Waals surface area contributed by atoms with E-state index >= 15 is 0 Å². The van der Waals surface area contributed by atoms with Gasteiger partial charge in [-0.05, 0) is 36.6 Å². The number of pyridine rings is 1. The van der Waals surface area contributed by atoms with Crippen LogP contribution >= 0.6 is 35.6 Å². The molecule has 0 spiro atoms. The largest absolute Gasteiger partial charge is 0.356 e. The van der Waals surface area contributed by atoms with Gasteiger partial charge < -0.3 is 10.6 Å². The molecule has 0 fully saturated rings. The number of nitrogens with one attached hydrogen (secondary N) is 2. The fourth-order valence-electron chi connectivity index (χ4n) is 2.31. The number of aliphatic imine (C=N–C) groups is 1. The van der Waals surface area contributed by atoms with Crippen molar-refractivity contribution in [2.45, 2.75) is 17.7 Å². The molecule has 148 valence electrons. The SMILES string of the molecule is CN=C(NCCCS(=O)(=O)c1ccccc1)NCCc1ccc(Cl)nc1.I. The van der Waals surface area contributed by atoms with Crippen LogP contribution in [0.25, 0.3) is 0 Å². The average Bonchev–Trinajstić information content (AvgIpc) is 2.66. The van der Waals surface area contributed by atoms with Gasteiger partial charge in [0, 0.05) is 26.3 Å². The smallest absolute Gasteiger partial charge is 0.190 e. The molecule has 0 saturated carbocycles. The lowest BCUT2D eigenvalue weighted by molar-refractivity contribution is 0.592. The van der Waals surface area contributed by atoms with Gasteiger partial charge in [0.1, 0.15) is 5.15 Å². The monoisotopic (exact) mass is 522 g/mol. The van der Waals surface area contributed by atoms with Crippen molar-refractivity contribution < 1.29 is 8.42 Å². The highest BCUT2D eigenvalue weighted by molar-refractivity contribution is 14.0. The van der Waals surface area contributed by atoms with Gasteiger partial charge in [0.2, 0.25) is 0 Å². The Balaban J connectivity index is 0.00000364. The fourth-order valence-corrected chi connectivity index (χ4v) is 3.76. The molecule has 0 aliphatic rings. The Morgan fingerprint density at radius 1 is 1.11 bits per heavy atom. The van der Waals surface area contributed by atoms with Gasteiger partial charge in [0.15, 0.2) is 15.8 Å². The van der Waals surface area contributed by atoms with E-state index in [0.717, 1.165) is 12.0 Å². The molecule has 0 aliphatic carbocycles. The van der Waals surface area contributed by atoms with E-state index in [2.05, 4.69) is 20.6 Å². The van der Waals surface area contributed by atoms with Crippen molar-refractivity contribution >= 4 is 51.4 Å². The maximum absolute atomic E-state index is 12.2. The highest BCUT2D eigenvalue weighted by Gasteiger charge is 2.13. The van der Waals surface area contributed by atoms with Crippen LogP contribution in [-0.2, 0) is 16.3 Å². The summed E-state index contributed by atoms with van der Waals surface area (Å²) in [5.41, 5.74) is 1.08. The molecule has 0 aliphatic heterocycles. The normalized spacial score (nSPS) is 11.6. The number of aromatic nitrogens is 1. The van der Waals surface area contributed by atoms with Crippen LogP contribution in [0.3, 0.4) is 0 Å². The van der Waals surface area contributed by atoms with Crippen LogP contribution in [0.2, 0.25) is 5.15 Å².